The number of amides is 1. The van der Waals surface area contributed by atoms with Gasteiger partial charge in [0.05, 0.1) is 6.61 Å². The molecule has 3 nitrogen and oxygen atoms in total. The van der Waals surface area contributed by atoms with Crippen molar-refractivity contribution in [3.63, 3.8) is 0 Å². The molecule has 1 amide bonds. The summed E-state index contributed by atoms with van der Waals surface area (Å²) in [6.07, 6.45) is 4.59. The fourth-order valence-corrected chi connectivity index (χ4v) is 3.40. The van der Waals surface area contributed by atoms with Crippen LogP contribution < -0.4 is 0 Å². The second-order valence-electron chi connectivity index (χ2n) is 5.30. The Hall–Kier alpha value is -0.280. The van der Waals surface area contributed by atoms with Gasteiger partial charge in [-0.05, 0) is 25.7 Å². The Kier molecular flexibility index (Phi) is 3.45. The number of aliphatic hydroxyl groups excluding tert-OH is 1. The van der Waals surface area contributed by atoms with Gasteiger partial charge in [-0.25, -0.2) is 0 Å². The summed E-state index contributed by atoms with van der Waals surface area (Å²) in [5.41, 5.74) is -0.0281. The molecule has 1 N–H and O–H groups in total. The van der Waals surface area contributed by atoms with E-state index in [1.165, 1.54) is 12.8 Å². The molecule has 1 heterocycles. The summed E-state index contributed by atoms with van der Waals surface area (Å²) in [5, 5.41) is 9.17. The average Bonchev–Trinajstić information content (AvgIpc) is 2.67. The van der Waals surface area contributed by atoms with Crippen LogP contribution >= 0.6 is 11.6 Å². The number of fused-ring (bicyclic) bond motifs is 1. The Morgan fingerprint density at radius 1 is 1.62 bits per heavy atom. The molecule has 0 spiro atoms. The minimum absolute atomic E-state index is 0.0175. The van der Waals surface area contributed by atoms with E-state index >= 15 is 0 Å². The standard InChI is InChI=1S/C12H20ClNO2/c1-9(13)11(16)14-6-10-4-2-3-5-12(10,7-14)8-15/h9-10,15H,2-8H2,1H3. The molecule has 2 fully saturated rings. The summed E-state index contributed by atoms with van der Waals surface area (Å²) >= 11 is 5.84. The van der Waals surface area contributed by atoms with E-state index in [1.54, 1.807) is 6.92 Å². The van der Waals surface area contributed by atoms with Gasteiger partial charge in [0.25, 0.3) is 0 Å². The van der Waals surface area contributed by atoms with Crippen molar-refractivity contribution >= 4 is 17.5 Å². The first-order valence-corrected chi connectivity index (χ1v) is 6.56. The van der Waals surface area contributed by atoms with Crippen molar-refractivity contribution in [1.29, 1.82) is 0 Å². The van der Waals surface area contributed by atoms with E-state index in [4.69, 9.17) is 11.6 Å². The van der Waals surface area contributed by atoms with Crippen molar-refractivity contribution < 1.29 is 9.90 Å². The van der Waals surface area contributed by atoms with Crippen LogP contribution in [0.4, 0.5) is 0 Å². The van der Waals surface area contributed by atoms with E-state index in [9.17, 15) is 9.90 Å². The second kappa shape index (κ2) is 4.53. The monoisotopic (exact) mass is 245 g/mol. The lowest BCUT2D eigenvalue weighted by atomic mass is 9.69. The Morgan fingerprint density at radius 3 is 2.94 bits per heavy atom. The van der Waals surface area contributed by atoms with Crippen molar-refractivity contribution in [1.82, 2.24) is 4.90 Å². The maximum absolute atomic E-state index is 11.9. The number of halogens is 1. The number of aliphatic hydroxyl groups is 1. The summed E-state index contributed by atoms with van der Waals surface area (Å²) in [6, 6.07) is 0. The third-order valence-corrected chi connectivity index (χ3v) is 4.44. The van der Waals surface area contributed by atoms with Gasteiger partial charge >= 0.3 is 0 Å². The lowest BCUT2D eigenvalue weighted by Gasteiger charge is -2.36. The first kappa shape index (κ1) is 12.2. The molecule has 3 unspecified atom stereocenters. The molecule has 0 radical (unpaired) electrons. The number of rotatable bonds is 2. The zero-order valence-corrected chi connectivity index (χ0v) is 10.5. The SMILES string of the molecule is CC(Cl)C(=O)N1CC2CCCCC2(CO)C1. The quantitative estimate of drug-likeness (QED) is 0.752. The predicted molar refractivity (Wildman–Crippen MR) is 63.4 cm³/mol. The van der Waals surface area contributed by atoms with Gasteiger partial charge in [-0.3, -0.25) is 4.79 Å². The van der Waals surface area contributed by atoms with E-state index in [-0.39, 0.29) is 17.9 Å². The van der Waals surface area contributed by atoms with Crippen LogP contribution in [0.3, 0.4) is 0 Å². The summed E-state index contributed by atoms with van der Waals surface area (Å²) < 4.78 is 0. The summed E-state index contributed by atoms with van der Waals surface area (Å²) in [7, 11) is 0. The van der Waals surface area contributed by atoms with Crippen LogP contribution in [0.5, 0.6) is 0 Å². The molecule has 4 heteroatoms. The highest BCUT2D eigenvalue weighted by Crippen LogP contribution is 2.46. The zero-order valence-electron chi connectivity index (χ0n) is 9.79. The van der Waals surface area contributed by atoms with Crippen molar-refractivity contribution in [3.8, 4) is 0 Å². The highest BCUT2D eigenvalue weighted by atomic mass is 35.5. The smallest absolute Gasteiger partial charge is 0.240 e. The molecule has 16 heavy (non-hydrogen) atoms. The summed E-state index contributed by atoms with van der Waals surface area (Å²) in [6.45, 7) is 3.41. The minimum Gasteiger partial charge on any atom is -0.396 e. The van der Waals surface area contributed by atoms with Crippen LogP contribution in [0.15, 0.2) is 0 Å². The first-order chi connectivity index (χ1) is 7.59. The van der Waals surface area contributed by atoms with Crippen LogP contribution in [0, 0.1) is 11.3 Å². The minimum atomic E-state index is -0.448. The topological polar surface area (TPSA) is 40.5 Å². The van der Waals surface area contributed by atoms with E-state index in [0.717, 1.165) is 19.4 Å². The van der Waals surface area contributed by atoms with Crippen LogP contribution in [0.25, 0.3) is 0 Å². The highest BCUT2D eigenvalue weighted by molar-refractivity contribution is 6.30. The molecule has 1 saturated carbocycles. The third-order valence-electron chi connectivity index (χ3n) is 4.26. The number of hydrogen-bond acceptors (Lipinski definition) is 2. The molecular formula is C12H20ClNO2. The van der Waals surface area contributed by atoms with Gasteiger partial charge in [-0.1, -0.05) is 12.8 Å². The van der Waals surface area contributed by atoms with Crippen LogP contribution in [0.1, 0.15) is 32.6 Å². The van der Waals surface area contributed by atoms with Gasteiger partial charge in [0.2, 0.25) is 5.91 Å². The van der Waals surface area contributed by atoms with Crippen molar-refractivity contribution in [2.75, 3.05) is 19.7 Å². The molecular weight excluding hydrogens is 226 g/mol. The number of alkyl halides is 1. The first-order valence-electron chi connectivity index (χ1n) is 6.13. The van der Waals surface area contributed by atoms with Gasteiger partial charge in [0.15, 0.2) is 0 Å². The maximum Gasteiger partial charge on any atom is 0.240 e. The number of hydrogen-bond donors (Lipinski definition) is 1. The average molecular weight is 246 g/mol. The van der Waals surface area contributed by atoms with E-state index in [2.05, 4.69) is 0 Å². The molecule has 1 aliphatic heterocycles. The van der Waals surface area contributed by atoms with Crippen LogP contribution in [0.2, 0.25) is 0 Å². The second-order valence-corrected chi connectivity index (χ2v) is 5.95. The lowest BCUT2D eigenvalue weighted by Crippen LogP contribution is -2.38. The molecule has 2 rings (SSSR count). The molecule has 1 saturated heterocycles. The molecule has 1 aliphatic carbocycles. The van der Waals surface area contributed by atoms with Gasteiger partial charge in [0.1, 0.15) is 5.38 Å². The number of carbonyl (C=O) groups is 1. The summed E-state index contributed by atoms with van der Waals surface area (Å²) in [5.74, 6) is 0.495. The molecule has 2 aliphatic rings. The normalized spacial score (nSPS) is 35.9. The van der Waals surface area contributed by atoms with Gasteiger partial charge < -0.3 is 10.0 Å². The lowest BCUT2D eigenvalue weighted by molar-refractivity contribution is -0.130. The Balaban J connectivity index is 2.10. The largest absolute Gasteiger partial charge is 0.396 e. The molecule has 3 atom stereocenters. The Labute approximate surface area is 102 Å². The van der Waals surface area contributed by atoms with E-state index in [1.807, 2.05) is 4.90 Å². The van der Waals surface area contributed by atoms with E-state index in [0.29, 0.717) is 12.5 Å². The van der Waals surface area contributed by atoms with Gasteiger partial charge in [-0.2, -0.15) is 0 Å². The van der Waals surface area contributed by atoms with Crippen molar-refractivity contribution in [3.05, 3.63) is 0 Å². The zero-order chi connectivity index (χ0) is 11.8. The van der Waals surface area contributed by atoms with Crippen LogP contribution in [-0.4, -0.2) is 41.0 Å². The van der Waals surface area contributed by atoms with Crippen LogP contribution in [-0.2, 0) is 4.79 Å². The van der Waals surface area contributed by atoms with Gasteiger partial charge in [-0.15, -0.1) is 11.6 Å². The number of likely N-dealkylation sites (tertiary alicyclic amines) is 1. The fraction of sp³-hybridized carbons (Fsp3) is 0.917. The van der Waals surface area contributed by atoms with E-state index < -0.39 is 5.38 Å². The molecule has 0 aromatic heterocycles. The number of nitrogens with zero attached hydrogens (tertiary/aromatic N) is 1. The highest BCUT2D eigenvalue weighted by Gasteiger charge is 2.48. The number of carbonyl (C=O) groups excluding carboxylic acids is 1. The Morgan fingerprint density at radius 2 is 2.38 bits per heavy atom. The molecule has 0 aromatic carbocycles. The molecule has 92 valence electrons. The molecule has 0 bridgehead atoms. The predicted octanol–water partition coefficient (Wildman–Crippen LogP) is 1.62. The summed E-state index contributed by atoms with van der Waals surface area (Å²) in [4.78, 5) is 13.7. The van der Waals surface area contributed by atoms with Gasteiger partial charge in [0, 0.05) is 18.5 Å². The molecule has 0 aromatic rings. The Bertz CT molecular complexity index is 282. The fourth-order valence-electron chi connectivity index (χ4n) is 3.26. The third kappa shape index (κ3) is 1.95. The van der Waals surface area contributed by atoms with Crippen molar-refractivity contribution in [2.24, 2.45) is 11.3 Å². The van der Waals surface area contributed by atoms with Crippen molar-refractivity contribution in [2.45, 2.75) is 38.0 Å². The maximum atomic E-state index is 11.9.